The van der Waals surface area contributed by atoms with Crippen LogP contribution in [0.25, 0.3) is 105 Å². The molecule has 0 amide bonds. The van der Waals surface area contributed by atoms with Crippen LogP contribution in [0.1, 0.15) is 0 Å². The van der Waals surface area contributed by atoms with Crippen LogP contribution >= 0.6 is 0 Å². The Morgan fingerprint density at radius 2 is 0.800 bits per heavy atom. The number of aromatic nitrogens is 1. The molecule has 0 aliphatic heterocycles. The third-order valence-corrected chi connectivity index (χ3v) is 14.0. The second-order valence-electron chi connectivity index (χ2n) is 18.0. The van der Waals surface area contributed by atoms with Crippen LogP contribution in [0.5, 0.6) is 0 Å². The highest BCUT2D eigenvalue weighted by molar-refractivity contribution is 6.16. The number of benzene rings is 12. The van der Waals surface area contributed by atoms with Gasteiger partial charge in [0, 0.05) is 33.4 Å². The first-order valence-corrected chi connectivity index (χ1v) is 24.1. The van der Waals surface area contributed by atoms with Crippen molar-refractivity contribution in [3.63, 3.8) is 0 Å². The van der Waals surface area contributed by atoms with Gasteiger partial charge in [-0.15, -0.1) is 0 Å². The molecule has 13 aromatic rings. The number of anilines is 3. The molecule has 0 radical (unpaired) electrons. The summed E-state index contributed by atoms with van der Waals surface area (Å²) in [6.45, 7) is 0. The summed E-state index contributed by atoms with van der Waals surface area (Å²) in [6.07, 6.45) is 0. The molecular weight excluding hydrogens is 845 g/mol. The largest absolute Gasteiger partial charge is 0.310 e. The Labute approximate surface area is 408 Å². The van der Waals surface area contributed by atoms with Gasteiger partial charge in [0.05, 0.1) is 16.7 Å². The van der Waals surface area contributed by atoms with E-state index >= 15 is 0 Å². The molecule has 0 fully saturated rings. The first kappa shape index (κ1) is 41.0. The van der Waals surface area contributed by atoms with Crippen LogP contribution in [-0.2, 0) is 0 Å². The standard InChI is InChI=1S/C68H46N2/c1-4-21-47(22-5-1)55-30-12-15-34-61(55)67-57(48-23-6-2-7-24-48)36-19-39-65(67)69(53-43-41-49(42-44-53)63-46-51-25-10-11-31-56(51)59-32-13-14-33-60(59)63)54-29-18-26-50(45-54)58-37-20-40-66-68(58)62-35-16-17-38-64(62)70(66)52-27-8-3-9-28-52/h1-46H. The highest BCUT2D eigenvalue weighted by Crippen LogP contribution is 2.49. The molecule has 0 unspecified atom stereocenters. The van der Waals surface area contributed by atoms with Crippen LogP contribution in [0, 0.1) is 0 Å². The van der Waals surface area contributed by atoms with E-state index in [4.69, 9.17) is 0 Å². The fraction of sp³-hybridized carbons (Fsp3) is 0. The molecular formula is C68H46N2. The molecule has 70 heavy (non-hydrogen) atoms. The molecule has 0 bridgehead atoms. The molecule has 0 atom stereocenters. The molecule has 0 aliphatic rings. The lowest BCUT2D eigenvalue weighted by atomic mass is 9.87. The Morgan fingerprint density at radius 1 is 0.271 bits per heavy atom. The van der Waals surface area contributed by atoms with Gasteiger partial charge in [-0.05, 0) is 132 Å². The fourth-order valence-electron chi connectivity index (χ4n) is 10.9. The number of hydrogen-bond donors (Lipinski definition) is 0. The van der Waals surface area contributed by atoms with Crippen LogP contribution < -0.4 is 4.90 Å². The minimum Gasteiger partial charge on any atom is -0.310 e. The van der Waals surface area contributed by atoms with E-state index in [0.717, 1.165) is 39.4 Å². The van der Waals surface area contributed by atoms with Gasteiger partial charge in [-0.2, -0.15) is 0 Å². The zero-order chi connectivity index (χ0) is 46.4. The average Bonchev–Trinajstić information content (AvgIpc) is 3.78. The number of rotatable bonds is 9. The third-order valence-electron chi connectivity index (χ3n) is 14.0. The lowest BCUT2D eigenvalue weighted by molar-refractivity contribution is 1.18. The van der Waals surface area contributed by atoms with Crippen molar-refractivity contribution >= 4 is 60.4 Å². The van der Waals surface area contributed by atoms with Crippen LogP contribution in [0.4, 0.5) is 17.1 Å². The summed E-state index contributed by atoms with van der Waals surface area (Å²) in [4.78, 5) is 2.47. The van der Waals surface area contributed by atoms with Gasteiger partial charge in [0.1, 0.15) is 0 Å². The van der Waals surface area contributed by atoms with Gasteiger partial charge in [0.15, 0.2) is 0 Å². The van der Waals surface area contributed by atoms with E-state index in [2.05, 4.69) is 289 Å². The summed E-state index contributed by atoms with van der Waals surface area (Å²) in [5.41, 5.74) is 18.5. The molecule has 328 valence electrons. The molecule has 2 nitrogen and oxygen atoms in total. The molecule has 0 aliphatic carbocycles. The Hall–Kier alpha value is -9.24. The molecule has 1 heterocycles. The van der Waals surface area contributed by atoms with Crippen molar-refractivity contribution in [2.45, 2.75) is 0 Å². The summed E-state index contributed by atoms with van der Waals surface area (Å²) in [6, 6.07) is 102. The predicted octanol–water partition coefficient (Wildman–Crippen LogP) is 18.9. The zero-order valence-corrected chi connectivity index (χ0v) is 38.5. The maximum Gasteiger partial charge on any atom is 0.0547 e. The zero-order valence-electron chi connectivity index (χ0n) is 38.5. The Morgan fingerprint density at radius 3 is 1.57 bits per heavy atom. The van der Waals surface area contributed by atoms with E-state index in [-0.39, 0.29) is 0 Å². The van der Waals surface area contributed by atoms with Gasteiger partial charge in [0.2, 0.25) is 0 Å². The lowest BCUT2D eigenvalue weighted by Gasteiger charge is -2.30. The number of nitrogens with zero attached hydrogens (tertiary/aromatic N) is 2. The van der Waals surface area contributed by atoms with Crippen LogP contribution in [-0.4, -0.2) is 4.57 Å². The van der Waals surface area contributed by atoms with E-state index in [9.17, 15) is 0 Å². The molecule has 0 N–H and O–H groups in total. The number of fused-ring (bicyclic) bond motifs is 6. The second-order valence-corrected chi connectivity index (χ2v) is 18.0. The maximum atomic E-state index is 2.47. The topological polar surface area (TPSA) is 8.17 Å². The summed E-state index contributed by atoms with van der Waals surface area (Å²) < 4.78 is 2.40. The quantitative estimate of drug-likeness (QED) is 0.131. The molecule has 12 aromatic carbocycles. The van der Waals surface area contributed by atoms with Crippen molar-refractivity contribution in [3.8, 4) is 61.3 Å². The molecule has 0 saturated carbocycles. The van der Waals surface area contributed by atoms with Gasteiger partial charge < -0.3 is 9.47 Å². The number of hydrogen-bond acceptors (Lipinski definition) is 1. The molecule has 2 heteroatoms. The molecule has 13 rings (SSSR count). The molecule has 1 aromatic heterocycles. The number of para-hydroxylation sites is 2. The smallest absolute Gasteiger partial charge is 0.0547 e. The summed E-state index contributed by atoms with van der Waals surface area (Å²) in [5, 5.41) is 7.48. The normalized spacial score (nSPS) is 11.4. The summed E-state index contributed by atoms with van der Waals surface area (Å²) >= 11 is 0. The Kier molecular flexibility index (Phi) is 10.2. The Bertz CT molecular complexity index is 4040. The van der Waals surface area contributed by atoms with E-state index in [1.54, 1.807) is 0 Å². The minimum absolute atomic E-state index is 1.06. The average molecular weight is 891 g/mol. The lowest BCUT2D eigenvalue weighted by Crippen LogP contribution is -2.12. The molecule has 0 saturated heterocycles. The van der Waals surface area contributed by atoms with Crippen molar-refractivity contribution < 1.29 is 0 Å². The van der Waals surface area contributed by atoms with Crippen LogP contribution in [0.2, 0.25) is 0 Å². The molecule has 0 spiro atoms. The van der Waals surface area contributed by atoms with Crippen molar-refractivity contribution in [1.29, 1.82) is 0 Å². The van der Waals surface area contributed by atoms with Gasteiger partial charge in [0.25, 0.3) is 0 Å². The second kappa shape index (κ2) is 17.4. The van der Waals surface area contributed by atoms with Crippen LogP contribution in [0.3, 0.4) is 0 Å². The van der Waals surface area contributed by atoms with Crippen LogP contribution in [0.15, 0.2) is 279 Å². The first-order chi connectivity index (χ1) is 34.8. The highest BCUT2D eigenvalue weighted by atomic mass is 15.1. The van der Waals surface area contributed by atoms with E-state index < -0.39 is 0 Å². The highest BCUT2D eigenvalue weighted by Gasteiger charge is 2.24. The predicted molar refractivity (Wildman–Crippen MR) is 298 cm³/mol. The van der Waals surface area contributed by atoms with E-state index in [1.165, 1.54) is 82.3 Å². The van der Waals surface area contributed by atoms with Gasteiger partial charge in [-0.25, -0.2) is 0 Å². The monoisotopic (exact) mass is 890 g/mol. The van der Waals surface area contributed by atoms with Gasteiger partial charge >= 0.3 is 0 Å². The minimum atomic E-state index is 1.06. The van der Waals surface area contributed by atoms with Gasteiger partial charge in [-0.3, -0.25) is 0 Å². The SMILES string of the molecule is c1ccc(-c2ccccc2-c2c(-c3ccccc3)cccc2N(c2ccc(-c3cc4ccccc4c4ccccc34)cc2)c2cccc(-c3cccc4c3c3ccccc3n4-c3ccccc3)c2)cc1. The van der Waals surface area contributed by atoms with Crippen molar-refractivity contribution in [1.82, 2.24) is 4.57 Å². The van der Waals surface area contributed by atoms with Crippen molar-refractivity contribution in [2.75, 3.05) is 4.90 Å². The Balaban J connectivity index is 1.06. The first-order valence-electron chi connectivity index (χ1n) is 24.1. The fourth-order valence-corrected chi connectivity index (χ4v) is 10.9. The van der Waals surface area contributed by atoms with Crippen molar-refractivity contribution in [3.05, 3.63) is 279 Å². The third kappa shape index (κ3) is 7.05. The van der Waals surface area contributed by atoms with E-state index in [0.29, 0.717) is 0 Å². The van der Waals surface area contributed by atoms with E-state index in [1.807, 2.05) is 0 Å². The summed E-state index contributed by atoms with van der Waals surface area (Å²) in [5.74, 6) is 0. The van der Waals surface area contributed by atoms with Gasteiger partial charge in [-0.1, -0.05) is 218 Å². The van der Waals surface area contributed by atoms with Crippen molar-refractivity contribution in [2.24, 2.45) is 0 Å². The maximum absolute atomic E-state index is 2.47. The summed E-state index contributed by atoms with van der Waals surface area (Å²) in [7, 11) is 0.